The molecule has 0 radical (unpaired) electrons. The van der Waals surface area contributed by atoms with Crippen LogP contribution in [0.4, 0.5) is 15.8 Å². The molecule has 1 aliphatic rings. The van der Waals surface area contributed by atoms with Gasteiger partial charge in [0.15, 0.2) is 0 Å². The van der Waals surface area contributed by atoms with E-state index in [4.69, 9.17) is 4.74 Å². The second-order valence-electron chi connectivity index (χ2n) is 5.95. The Morgan fingerprint density at radius 1 is 0.964 bits per heavy atom. The van der Waals surface area contributed by atoms with E-state index in [2.05, 4.69) is 5.32 Å². The number of halogens is 1. The summed E-state index contributed by atoms with van der Waals surface area (Å²) in [5.41, 5.74) is 0.739. The van der Waals surface area contributed by atoms with Gasteiger partial charge in [-0.3, -0.25) is 9.59 Å². The first-order valence-electron chi connectivity index (χ1n) is 8.43. The molecule has 2 aromatic carbocycles. The Hall–Kier alpha value is -3.45. The van der Waals surface area contributed by atoms with Crippen LogP contribution in [0.25, 0.3) is 5.57 Å². The number of anilines is 2. The average molecular weight is 394 g/mol. The van der Waals surface area contributed by atoms with Crippen LogP contribution in [0, 0.1) is 5.82 Å². The topological polar surface area (TPSA) is 58.6 Å². The number of methoxy groups -OCH3 is 1. The first-order valence-corrected chi connectivity index (χ1v) is 9.31. The smallest absolute Gasteiger partial charge is 0.282 e. The molecule has 0 saturated carbocycles. The monoisotopic (exact) mass is 394 g/mol. The molecule has 2 amide bonds. The zero-order valence-electron chi connectivity index (χ0n) is 14.8. The summed E-state index contributed by atoms with van der Waals surface area (Å²) in [6.45, 7) is 0. The molecule has 1 aliphatic heterocycles. The number of hydrogen-bond donors (Lipinski definition) is 1. The first kappa shape index (κ1) is 17.9. The maximum absolute atomic E-state index is 14.3. The van der Waals surface area contributed by atoms with E-state index in [1.165, 1.54) is 36.6 Å². The van der Waals surface area contributed by atoms with Gasteiger partial charge in [-0.05, 0) is 35.7 Å². The van der Waals surface area contributed by atoms with Crippen LogP contribution in [-0.4, -0.2) is 18.9 Å². The Morgan fingerprint density at radius 2 is 1.71 bits per heavy atom. The standard InChI is InChI=1S/C21H15FN2O3S/c1-27-16-10-5-3-8-14(16)23-19-18(17-11-6-12-28-17)20(25)24(21(19)26)15-9-4-2-7-13(15)22/h2-12,23H,1H3. The third-order valence-electron chi connectivity index (χ3n) is 4.31. The number of amides is 2. The van der Waals surface area contributed by atoms with E-state index < -0.39 is 17.6 Å². The van der Waals surface area contributed by atoms with Crippen LogP contribution < -0.4 is 15.0 Å². The van der Waals surface area contributed by atoms with Crippen molar-refractivity contribution in [3.8, 4) is 5.75 Å². The lowest BCUT2D eigenvalue weighted by molar-refractivity contribution is -0.120. The summed E-state index contributed by atoms with van der Waals surface area (Å²) in [7, 11) is 1.52. The van der Waals surface area contributed by atoms with Gasteiger partial charge in [-0.1, -0.05) is 30.3 Å². The van der Waals surface area contributed by atoms with E-state index in [0.717, 1.165) is 4.90 Å². The van der Waals surface area contributed by atoms with Crippen molar-refractivity contribution in [1.82, 2.24) is 0 Å². The molecule has 4 rings (SSSR count). The summed E-state index contributed by atoms with van der Waals surface area (Å²) in [5, 5.41) is 4.84. The average Bonchev–Trinajstić information content (AvgIpc) is 3.30. The number of thiophene rings is 1. The predicted octanol–water partition coefficient (Wildman–Crippen LogP) is 4.29. The second kappa shape index (κ2) is 7.28. The Kier molecular flexibility index (Phi) is 4.67. The summed E-state index contributed by atoms with van der Waals surface area (Å²) >= 11 is 1.33. The van der Waals surface area contributed by atoms with Gasteiger partial charge >= 0.3 is 0 Å². The number of nitrogens with zero attached hydrogens (tertiary/aromatic N) is 1. The molecule has 3 aromatic rings. The largest absolute Gasteiger partial charge is 0.495 e. The molecule has 0 bridgehead atoms. The normalized spacial score (nSPS) is 14.0. The van der Waals surface area contributed by atoms with Crippen molar-refractivity contribution in [2.45, 2.75) is 0 Å². The molecule has 0 unspecified atom stereocenters. The fourth-order valence-corrected chi connectivity index (χ4v) is 3.80. The summed E-state index contributed by atoms with van der Waals surface area (Å²) in [5.74, 6) is -1.32. The van der Waals surface area contributed by atoms with Crippen LogP contribution in [0.3, 0.4) is 0 Å². The molecular formula is C21H15FN2O3S. The van der Waals surface area contributed by atoms with Gasteiger partial charge in [-0.25, -0.2) is 9.29 Å². The lowest BCUT2D eigenvalue weighted by Crippen LogP contribution is -2.33. The molecule has 2 heterocycles. The fourth-order valence-electron chi connectivity index (χ4n) is 3.03. The van der Waals surface area contributed by atoms with Gasteiger partial charge in [0.1, 0.15) is 17.3 Å². The highest BCUT2D eigenvalue weighted by Crippen LogP contribution is 2.37. The minimum absolute atomic E-state index is 0.0802. The van der Waals surface area contributed by atoms with Gasteiger partial charge in [-0.2, -0.15) is 0 Å². The molecule has 0 atom stereocenters. The van der Waals surface area contributed by atoms with Crippen molar-refractivity contribution in [1.29, 1.82) is 0 Å². The van der Waals surface area contributed by atoms with E-state index in [1.807, 2.05) is 5.38 Å². The summed E-state index contributed by atoms with van der Waals surface area (Å²) in [6, 6.07) is 16.3. The van der Waals surface area contributed by atoms with Crippen molar-refractivity contribution < 1.29 is 18.7 Å². The Bertz CT molecular complexity index is 1090. The van der Waals surface area contributed by atoms with Crippen LogP contribution in [-0.2, 0) is 9.59 Å². The van der Waals surface area contributed by atoms with E-state index in [-0.39, 0.29) is 17.0 Å². The zero-order valence-corrected chi connectivity index (χ0v) is 15.6. The van der Waals surface area contributed by atoms with Gasteiger partial charge in [0.25, 0.3) is 11.8 Å². The number of rotatable bonds is 5. The Labute approximate surface area is 164 Å². The number of para-hydroxylation sites is 3. The summed E-state index contributed by atoms with van der Waals surface area (Å²) in [4.78, 5) is 27.8. The van der Waals surface area contributed by atoms with Crippen LogP contribution in [0.5, 0.6) is 5.75 Å². The number of nitrogens with one attached hydrogen (secondary N) is 1. The SMILES string of the molecule is COc1ccccc1NC1=C(c2cccs2)C(=O)N(c2ccccc2F)C1=O. The van der Waals surface area contributed by atoms with Crippen molar-refractivity contribution in [2.24, 2.45) is 0 Å². The third kappa shape index (κ3) is 2.95. The summed E-state index contributed by atoms with van der Waals surface area (Å²) in [6.07, 6.45) is 0. The van der Waals surface area contributed by atoms with Gasteiger partial charge in [0.05, 0.1) is 24.1 Å². The lowest BCUT2D eigenvalue weighted by Gasteiger charge is -2.16. The van der Waals surface area contributed by atoms with Crippen molar-refractivity contribution in [3.05, 3.63) is 82.4 Å². The molecule has 0 fully saturated rings. The zero-order chi connectivity index (χ0) is 19.7. The molecule has 5 nitrogen and oxygen atoms in total. The number of carbonyl (C=O) groups excluding carboxylic acids is 2. The number of benzene rings is 2. The molecule has 0 aliphatic carbocycles. The molecule has 0 saturated heterocycles. The van der Waals surface area contributed by atoms with Gasteiger partial charge < -0.3 is 10.1 Å². The van der Waals surface area contributed by atoms with Crippen LogP contribution in [0.1, 0.15) is 4.88 Å². The Balaban J connectivity index is 1.83. The van der Waals surface area contributed by atoms with Gasteiger partial charge in [-0.15, -0.1) is 11.3 Å². The highest BCUT2D eigenvalue weighted by Gasteiger charge is 2.41. The molecule has 140 valence electrons. The van der Waals surface area contributed by atoms with E-state index >= 15 is 0 Å². The predicted molar refractivity (Wildman–Crippen MR) is 107 cm³/mol. The van der Waals surface area contributed by atoms with Gasteiger partial charge in [0, 0.05) is 4.88 Å². The number of hydrogen-bond acceptors (Lipinski definition) is 5. The van der Waals surface area contributed by atoms with Crippen LogP contribution >= 0.6 is 11.3 Å². The number of carbonyl (C=O) groups is 2. The van der Waals surface area contributed by atoms with Crippen LogP contribution in [0.15, 0.2) is 71.7 Å². The first-order chi connectivity index (χ1) is 13.6. The van der Waals surface area contributed by atoms with Crippen molar-refractivity contribution in [3.63, 3.8) is 0 Å². The third-order valence-corrected chi connectivity index (χ3v) is 5.20. The molecule has 1 aromatic heterocycles. The van der Waals surface area contributed by atoms with E-state index in [9.17, 15) is 14.0 Å². The minimum atomic E-state index is -0.645. The van der Waals surface area contributed by atoms with E-state index in [0.29, 0.717) is 16.3 Å². The number of imide groups is 1. The highest BCUT2D eigenvalue weighted by atomic mass is 32.1. The molecule has 1 N–H and O–H groups in total. The van der Waals surface area contributed by atoms with E-state index in [1.54, 1.807) is 42.5 Å². The maximum atomic E-state index is 14.3. The molecule has 7 heteroatoms. The van der Waals surface area contributed by atoms with Crippen LogP contribution in [0.2, 0.25) is 0 Å². The molecular weight excluding hydrogens is 379 g/mol. The second-order valence-corrected chi connectivity index (χ2v) is 6.90. The lowest BCUT2D eigenvalue weighted by atomic mass is 10.1. The quantitative estimate of drug-likeness (QED) is 0.656. The highest BCUT2D eigenvalue weighted by molar-refractivity contribution is 7.11. The van der Waals surface area contributed by atoms with Crippen molar-refractivity contribution in [2.75, 3.05) is 17.3 Å². The van der Waals surface area contributed by atoms with Crippen molar-refractivity contribution >= 4 is 40.1 Å². The maximum Gasteiger partial charge on any atom is 0.282 e. The minimum Gasteiger partial charge on any atom is -0.495 e. The Morgan fingerprint density at radius 3 is 2.43 bits per heavy atom. The number of ether oxygens (including phenoxy) is 1. The van der Waals surface area contributed by atoms with Gasteiger partial charge in [0.2, 0.25) is 0 Å². The fraction of sp³-hybridized carbons (Fsp3) is 0.0476. The molecule has 0 spiro atoms. The molecule has 28 heavy (non-hydrogen) atoms. The summed E-state index contributed by atoms with van der Waals surface area (Å²) < 4.78 is 19.6.